The molecule has 0 unspecified atom stereocenters. The molecule has 0 aromatic heterocycles. The highest BCUT2D eigenvalue weighted by Crippen LogP contribution is 2.30. The van der Waals surface area contributed by atoms with Gasteiger partial charge in [-0.25, -0.2) is 0 Å². The summed E-state index contributed by atoms with van der Waals surface area (Å²) in [6, 6.07) is 16.5. The van der Waals surface area contributed by atoms with Gasteiger partial charge < -0.3 is 14.8 Å². The molecule has 134 valence electrons. The van der Waals surface area contributed by atoms with Crippen LogP contribution in [0.25, 0.3) is 5.70 Å². The molecule has 2 aromatic rings. The lowest BCUT2D eigenvalue weighted by atomic mass is 10.2. The number of para-hydroxylation sites is 2. The minimum absolute atomic E-state index is 0.0908. The summed E-state index contributed by atoms with van der Waals surface area (Å²) in [7, 11) is 0. The molecule has 0 fully saturated rings. The Bertz CT molecular complexity index is 807. The van der Waals surface area contributed by atoms with Gasteiger partial charge in [0.2, 0.25) is 6.10 Å². The molecule has 26 heavy (non-hydrogen) atoms. The molecule has 0 radical (unpaired) electrons. The van der Waals surface area contributed by atoms with E-state index >= 15 is 0 Å². The van der Waals surface area contributed by atoms with Gasteiger partial charge in [0.25, 0.3) is 11.8 Å². The second-order valence-electron chi connectivity index (χ2n) is 5.60. The van der Waals surface area contributed by atoms with Gasteiger partial charge in [-0.1, -0.05) is 49.0 Å². The van der Waals surface area contributed by atoms with Crippen molar-refractivity contribution in [2.24, 2.45) is 0 Å². The molecule has 1 heterocycles. The average Bonchev–Trinajstić information content (AvgIpc) is 2.70. The first-order valence-corrected chi connectivity index (χ1v) is 8.09. The summed E-state index contributed by atoms with van der Waals surface area (Å²) in [6.45, 7) is 3.73. The fourth-order valence-corrected chi connectivity index (χ4v) is 2.33. The number of hydrazine groups is 1. The predicted molar refractivity (Wildman–Crippen MR) is 96.1 cm³/mol. The van der Waals surface area contributed by atoms with Crippen LogP contribution in [0.1, 0.15) is 5.56 Å². The van der Waals surface area contributed by atoms with Crippen LogP contribution in [0.5, 0.6) is 11.5 Å². The van der Waals surface area contributed by atoms with Gasteiger partial charge in [-0.3, -0.25) is 20.4 Å². The molecule has 2 amide bonds. The molecule has 3 N–H and O–H groups in total. The molecule has 0 aliphatic carbocycles. The third kappa shape index (κ3) is 4.32. The monoisotopic (exact) mass is 353 g/mol. The fourth-order valence-electron chi connectivity index (χ4n) is 2.33. The molecular formula is C19H19N3O4. The fraction of sp³-hybridized carbons (Fsp3) is 0.158. The maximum atomic E-state index is 12.1. The molecule has 7 heteroatoms. The minimum Gasteiger partial charge on any atom is -0.485 e. The van der Waals surface area contributed by atoms with E-state index in [2.05, 4.69) is 22.7 Å². The molecule has 0 spiro atoms. The molecule has 1 aliphatic heterocycles. The van der Waals surface area contributed by atoms with Crippen LogP contribution in [0.2, 0.25) is 0 Å². The number of carbonyl (C=O) groups excluding carboxylic acids is 2. The van der Waals surface area contributed by atoms with E-state index in [1.165, 1.54) is 0 Å². The van der Waals surface area contributed by atoms with E-state index in [-0.39, 0.29) is 13.2 Å². The average molecular weight is 353 g/mol. The van der Waals surface area contributed by atoms with Crippen molar-refractivity contribution in [2.45, 2.75) is 6.10 Å². The predicted octanol–water partition coefficient (Wildman–Crippen LogP) is 1.23. The van der Waals surface area contributed by atoms with Gasteiger partial charge in [0.15, 0.2) is 11.5 Å². The second-order valence-corrected chi connectivity index (χ2v) is 5.60. The van der Waals surface area contributed by atoms with Gasteiger partial charge in [0.1, 0.15) is 6.61 Å². The third-order valence-electron chi connectivity index (χ3n) is 3.70. The second kappa shape index (κ2) is 8.06. The molecule has 0 saturated heterocycles. The summed E-state index contributed by atoms with van der Waals surface area (Å²) in [6.07, 6.45) is -0.801. The molecule has 1 atom stereocenters. The Morgan fingerprint density at radius 1 is 1.00 bits per heavy atom. The van der Waals surface area contributed by atoms with Gasteiger partial charge in [-0.2, -0.15) is 0 Å². The first-order valence-electron chi connectivity index (χ1n) is 8.09. The molecule has 0 saturated carbocycles. The summed E-state index contributed by atoms with van der Waals surface area (Å²) in [5, 5.41) is 2.52. The Balaban J connectivity index is 1.42. The van der Waals surface area contributed by atoms with Crippen molar-refractivity contribution in [3.05, 3.63) is 66.7 Å². The van der Waals surface area contributed by atoms with Gasteiger partial charge >= 0.3 is 0 Å². The lowest BCUT2D eigenvalue weighted by molar-refractivity contribution is -0.132. The van der Waals surface area contributed by atoms with E-state index < -0.39 is 17.9 Å². The Morgan fingerprint density at radius 3 is 2.46 bits per heavy atom. The summed E-state index contributed by atoms with van der Waals surface area (Å²) < 4.78 is 11.1. The van der Waals surface area contributed by atoms with Crippen LogP contribution in [0.3, 0.4) is 0 Å². The van der Waals surface area contributed by atoms with Crippen molar-refractivity contribution in [1.29, 1.82) is 0 Å². The van der Waals surface area contributed by atoms with Gasteiger partial charge in [0, 0.05) is 0 Å². The SMILES string of the molecule is C=C(NNC(=O)CNC(=O)[C@@H]1COc2ccccc2O1)c1ccccc1. The lowest BCUT2D eigenvalue weighted by Crippen LogP contribution is -2.48. The number of fused-ring (bicyclic) bond motifs is 1. The Morgan fingerprint density at radius 2 is 1.69 bits per heavy atom. The Labute approximate surface area is 151 Å². The largest absolute Gasteiger partial charge is 0.485 e. The molecule has 0 bridgehead atoms. The summed E-state index contributed by atoms with van der Waals surface area (Å²) in [5.74, 6) is 0.270. The van der Waals surface area contributed by atoms with Crippen LogP contribution >= 0.6 is 0 Å². The van der Waals surface area contributed by atoms with Gasteiger partial charge in [-0.05, 0) is 17.7 Å². The molecule has 7 nitrogen and oxygen atoms in total. The number of benzene rings is 2. The third-order valence-corrected chi connectivity index (χ3v) is 3.70. The van der Waals surface area contributed by atoms with Crippen molar-refractivity contribution < 1.29 is 19.1 Å². The zero-order valence-corrected chi connectivity index (χ0v) is 14.0. The lowest BCUT2D eigenvalue weighted by Gasteiger charge is -2.25. The van der Waals surface area contributed by atoms with E-state index in [9.17, 15) is 9.59 Å². The van der Waals surface area contributed by atoms with Crippen LogP contribution in [0.4, 0.5) is 0 Å². The van der Waals surface area contributed by atoms with Crippen molar-refractivity contribution in [1.82, 2.24) is 16.2 Å². The Hall–Kier alpha value is -3.48. The van der Waals surface area contributed by atoms with E-state index in [1.807, 2.05) is 36.4 Å². The van der Waals surface area contributed by atoms with E-state index in [1.54, 1.807) is 18.2 Å². The Kier molecular flexibility index (Phi) is 5.38. The topological polar surface area (TPSA) is 88.7 Å². The summed E-state index contributed by atoms with van der Waals surface area (Å²) >= 11 is 0. The first kappa shape index (κ1) is 17.3. The minimum atomic E-state index is -0.801. The number of ether oxygens (including phenoxy) is 2. The highest BCUT2D eigenvalue weighted by atomic mass is 16.6. The normalized spacial score (nSPS) is 14.8. The quantitative estimate of drug-likeness (QED) is 0.680. The summed E-state index contributed by atoms with van der Waals surface area (Å²) in [4.78, 5) is 24.0. The number of nitrogens with one attached hydrogen (secondary N) is 3. The van der Waals surface area contributed by atoms with Crippen LogP contribution in [0, 0.1) is 0 Å². The van der Waals surface area contributed by atoms with Crippen LogP contribution in [-0.4, -0.2) is 31.1 Å². The maximum absolute atomic E-state index is 12.1. The van der Waals surface area contributed by atoms with Crippen molar-refractivity contribution in [3.63, 3.8) is 0 Å². The number of amides is 2. The molecule has 1 aliphatic rings. The van der Waals surface area contributed by atoms with Crippen molar-refractivity contribution in [2.75, 3.05) is 13.2 Å². The van der Waals surface area contributed by atoms with Crippen LogP contribution in [-0.2, 0) is 9.59 Å². The van der Waals surface area contributed by atoms with Gasteiger partial charge in [0.05, 0.1) is 12.2 Å². The molecular weight excluding hydrogens is 334 g/mol. The zero-order chi connectivity index (χ0) is 18.4. The van der Waals surface area contributed by atoms with Crippen LogP contribution < -0.4 is 25.6 Å². The number of carbonyl (C=O) groups is 2. The molecule has 3 rings (SSSR count). The smallest absolute Gasteiger partial charge is 0.265 e. The van der Waals surface area contributed by atoms with Crippen molar-refractivity contribution in [3.8, 4) is 11.5 Å². The van der Waals surface area contributed by atoms with E-state index in [0.717, 1.165) is 5.56 Å². The highest BCUT2D eigenvalue weighted by Gasteiger charge is 2.27. The number of hydrogen-bond donors (Lipinski definition) is 3. The number of hydrogen-bond acceptors (Lipinski definition) is 5. The van der Waals surface area contributed by atoms with E-state index in [0.29, 0.717) is 17.2 Å². The summed E-state index contributed by atoms with van der Waals surface area (Å²) in [5.41, 5.74) is 6.59. The number of rotatable bonds is 6. The standard InChI is InChI=1S/C19H19N3O4/c1-13(14-7-3-2-4-8-14)21-22-18(23)11-20-19(24)17-12-25-15-9-5-6-10-16(15)26-17/h2-10,17,21H,1,11-12H2,(H,20,24)(H,22,23)/t17-/m0/s1. The van der Waals surface area contributed by atoms with Crippen LogP contribution in [0.15, 0.2) is 61.2 Å². The van der Waals surface area contributed by atoms with Gasteiger partial charge in [-0.15, -0.1) is 0 Å². The van der Waals surface area contributed by atoms with Crippen molar-refractivity contribution >= 4 is 17.5 Å². The zero-order valence-electron chi connectivity index (χ0n) is 14.0. The first-order chi connectivity index (χ1) is 12.6. The van der Waals surface area contributed by atoms with E-state index in [4.69, 9.17) is 9.47 Å². The highest BCUT2D eigenvalue weighted by molar-refractivity contribution is 5.87. The maximum Gasteiger partial charge on any atom is 0.265 e. The molecule has 2 aromatic carbocycles.